The second kappa shape index (κ2) is 7.57. The number of carbonyl (C=O) groups excluding carboxylic acids is 1. The third-order valence-electron chi connectivity index (χ3n) is 3.59. The third kappa shape index (κ3) is 4.41. The van der Waals surface area contributed by atoms with E-state index in [1.54, 1.807) is 24.4 Å². The van der Waals surface area contributed by atoms with Crippen LogP contribution in [0.15, 0.2) is 48.7 Å². The van der Waals surface area contributed by atoms with Gasteiger partial charge in [0.25, 0.3) is 5.91 Å². The molecule has 0 bridgehead atoms. The van der Waals surface area contributed by atoms with Crippen LogP contribution in [0.2, 0.25) is 0 Å². The Bertz CT molecular complexity index is 879. The van der Waals surface area contributed by atoms with Crippen molar-refractivity contribution in [2.75, 3.05) is 0 Å². The molecule has 2 aromatic heterocycles. The number of halogens is 1. The molecule has 0 aliphatic rings. The number of aromatic amines is 1. The van der Waals surface area contributed by atoms with Gasteiger partial charge in [0.05, 0.1) is 17.9 Å². The number of hydrogen-bond donors (Lipinski definition) is 2. The summed E-state index contributed by atoms with van der Waals surface area (Å²) in [5.74, 6) is -0.267. The fraction of sp³-hybridized carbons (Fsp3) is 0.167. The van der Waals surface area contributed by atoms with Crippen LogP contribution in [0.1, 0.15) is 27.4 Å². The van der Waals surface area contributed by atoms with Crippen molar-refractivity contribution in [3.63, 3.8) is 0 Å². The van der Waals surface area contributed by atoms with Gasteiger partial charge >= 0.3 is 0 Å². The first kappa shape index (κ1) is 16.6. The molecule has 1 aromatic carbocycles. The van der Waals surface area contributed by atoms with E-state index < -0.39 is 0 Å². The van der Waals surface area contributed by atoms with Crippen LogP contribution < -0.4 is 10.1 Å². The molecule has 2 N–H and O–H groups in total. The zero-order valence-corrected chi connectivity index (χ0v) is 13.6. The fourth-order valence-corrected chi connectivity index (χ4v) is 2.23. The number of nitrogens with one attached hydrogen (secondary N) is 2. The number of amides is 1. The largest absolute Gasteiger partial charge is 0.487 e. The molecule has 6 nitrogen and oxygen atoms in total. The number of hydrogen-bond acceptors (Lipinski definition) is 4. The van der Waals surface area contributed by atoms with Gasteiger partial charge in [-0.3, -0.25) is 14.9 Å². The maximum atomic E-state index is 13.1. The highest BCUT2D eigenvalue weighted by Crippen LogP contribution is 2.14. The van der Waals surface area contributed by atoms with Crippen molar-refractivity contribution in [2.24, 2.45) is 0 Å². The number of H-pyrrole nitrogens is 1. The van der Waals surface area contributed by atoms with Crippen molar-refractivity contribution < 1.29 is 13.9 Å². The van der Waals surface area contributed by atoms with Crippen molar-refractivity contribution in [3.05, 3.63) is 77.1 Å². The number of ether oxygens (including phenoxy) is 1. The van der Waals surface area contributed by atoms with Crippen LogP contribution in [0.5, 0.6) is 5.75 Å². The lowest BCUT2D eigenvalue weighted by Gasteiger charge is -2.05. The van der Waals surface area contributed by atoms with Gasteiger partial charge in [0.2, 0.25) is 0 Å². The number of aryl methyl sites for hydroxylation is 1. The summed E-state index contributed by atoms with van der Waals surface area (Å²) in [7, 11) is 0. The maximum absolute atomic E-state index is 13.1. The van der Waals surface area contributed by atoms with Crippen LogP contribution in [-0.4, -0.2) is 21.1 Å². The lowest BCUT2D eigenvalue weighted by Crippen LogP contribution is -2.24. The molecule has 0 radical (unpaired) electrons. The SMILES string of the molecule is Cc1cccnc1CNC(=O)c1cc(COc2cccc(F)c2)[nH]n1. The molecule has 7 heteroatoms. The van der Waals surface area contributed by atoms with Gasteiger partial charge in [-0.2, -0.15) is 5.10 Å². The molecule has 1 amide bonds. The molecule has 3 rings (SSSR count). The Morgan fingerprint density at radius 3 is 2.96 bits per heavy atom. The molecular weight excluding hydrogens is 323 g/mol. The van der Waals surface area contributed by atoms with E-state index in [2.05, 4.69) is 20.5 Å². The molecule has 2 heterocycles. The average Bonchev–Trinajstić information content (AvgIpc) is 3.08. The predicted octanol–water partition coefficient (Wildman–Crippen LogP) is 2.76. The number of nitrogens with zero attached hydrogens (tertiary/aromatic N) is 2. The highest BCUT2D eigenvalue weighted by Gasteiger charge is 2.11. The Hall–Kier alpha value is -3.22. The monoisotopic (exact) mass is 340 g/mol. The smallest absolute Gasteiger partial charge is 0.272 e. The quantitative estimate of drug-likeness (QED) is 0.723. The van der Waals surface area contributed by atoms with E-state index in [9.17, 15) is 9.18 Å². The molecule has 0 saturated heterocycles. The molecule has 0 unspecified atom stereocenters. The zero-order chi connectivity index (χ0) is 17.6. The van der Waals surface area contributed by atoms with Gasteiger partial charge in [-0.1, -0.05) is 12.1 Å². The predicted molar refractivity (Wildman–Crippen MR) is 89.5 cm³/mol. The Morgan fingerprint density at radius 1 is 1.28 bits per heavy atom. The average molecular weight is 340 g/mol. The summed E-state index contributed by atoms with van der Waals surface area (Å²) in [5, 5.41) is 9.48. The lowest BCUT2D eigenvalue weighted by molar-refractivity contribution is 0.0945. The molecule has 0 atom stereocenters. The molecule has 128 valence electrons. The third-order valence-corrected chi connectivity index (χ3v) is 3.59. The molecule has 0 aliphatic heterocycles. The van der Waals surface area contributed by atoms with Crippen LogP contribution in [0.3, 0.4) is 0 Å². The normalized spacial score (nSPS) is 10.5. The van der Waals surface area contributed by atoms with Gasteiger partial charge in [0.15, 0.2) is 0 Å². The molecule has 0 aliphatic carbocycles. The standard InChI is InChI=1S/C18H17FN4O2/c1-12-4-3-7-20-17(12)10-21-18(24)16-9-14(22-23-16)11-25-15-6-2-5-13(19)8-15/h2-9H,10-11H2,1H3,(H,21,24)(H,22,23). The van der Waals surface area contributed by atoms with Gasteiger partial charge in [0, 0.05) is 12.3 Å². The maximum Gasteiger partial charge on any atom is 0.272 e. The molecule has 0 fully saturated rings. The Kier molecular flexibility index (Phi) is 5.03. The highest BCUT2D eigenvalue weighted by molar-refractivity contribution is 5.92. The first-order valence-corrected chi connectivity index (χ1v) is 7.73. The van der Waals surface area contributed by atoms with E-state index in [-0.39, 0.29) is 24.0 Å². The topological polar surface area (TPSA) is 79.9 Å². The van der Waals surface area contributed by atoms with Crippen LogP contribution in [0, 0.1) is 12.7 Å². The molecule has 0 spiro atoms. The van der Waals surface area contributed by atoms with Crippen molar-refractivity contribution >= 4 is 5.91 Å². The number of benzene rings is 1. The second-order valence-electron chi connectivity index (χ2n) is 5.47. The second-order valence-corrected chi connectivity index (χ2v) is 5.47. The van der Waals surface area contributed by atoms with Gasteiger partial charge in [-0.15, -0.1) is 0 Å². The zero-order valence-electron chi connectivity index (χ0n) is 13.6. The van der Waals surface area contributed by atoms with Gasteiger partial charge in [-0.25, -0.2) is 4.39 Å². The number of aromatic nitrogens is 3. The number of carbonyl (C=O) groups is 1. The van der Waals surface area contributed by atoms with Crippen LogP contribution in [0.4, 0.5) is 4.39 Å². The van der Waals surface area contributed by atoms with E-state index in [4.69, 9.17) is 4.74 Å². The number of pyridine rings is 1. The van der Waals surface area contributed by atoms with E-state index >= 15 is 0 Å². The van der Waals surface area contributed by atoms with Crippen LogP contribution >= 0.6 is 0 Å². The Labute approximate surface area is 144 Å². The fourth-order valence-electron chi connectivity index (χ4n) is 2.23. The molecule has 0 saturated carbocycles. The summed E-state index contributed by atoms with van der Waals surface area (Å²) in [5.41, 5.74) is 2.69. The minimum Gasteiger partial charge on any atom is -0.487 e. The molecule has 3 aromatic rings. The molecule has 25 heavy (non-hydrogen) atoms. The molecular formula is C18H17FN4O2. The van der Waals surface area contributed by atoms with Crippen LogP contribution in [-0.2, 0) is 13.2 Å². The van der Waals surface area contributed by atoms with Gasteiger partial charge in [0.1, 0.15) is 23.9 Å². The minimum absolute atomic E-state index is 0.156. The van der Waals surface area contributed by atoms with Crippen molar-refractivity contribution in [2.45, 2.75) is 20.1 Å². The Balaban J connectivity index is 1.55. The summed E-state index contributed by atoms with van der Waals surface area (Å²) >= 11 is 0. The lowest BCUT2D eigenvalue weighted by atomic mass is 10.2. The van der Waals surface area contributed by atoms with E-state index in [1.165, 1.54) is 12.1 Å². The van der Waals surface area contributed by atoms with Gasteiger partial charge < -0.3 is 10.1 Å². The summed E-state index contributed by atoms with van der Waals surface area (Å²) < 4.78 is 18.6. The summed E-state index contributed by atoms with van der Waals surface area (Å²) in [6.07, 6.45) is 1.69. The van der Waals surface area contributed by atoms with Crippen molar-refractivity contribution in [3.8, 4) is 5.75 Å². The summed E-state index contributed by atoms with van der Waals surface area (Å²) in [4.78, 5) is 16.4. The van der Waals surface area contributed by atoms with Crippen molar-refractivity contribution in [1.82, 2.24) is 20.5 Å². The first-order valence-electron chi connectivity index (χ1n) is 7.73. The summed E-state index contributed by atoms with van der Waals surface area (Å²) in [6.45, 7) is 2.42. The van der Waals surface area contributed by atoms with E-state index in [0.29, 0.717) is 18.0 Å². The first-order chi connectivity index (χ1) is 12.1. The highest BCUT2D eigenvalue weighted by atomic mass is 19.1. The minimum atomic E-state index is -0.369. The van der Waals surface area contributed by atoms with Crippen LogP contribution in [0.25, 0.3) is 0 Å². The number of rotatable bonds is 6. The van der Waals surface area contributed by atoms with E-state index in [1.807, 2.05) is 19.1 Å². The Morgan fingerprint density at radius 2 is 2.16 bits per heavy atom. The van der Waals surface area contributed by atoms with E-state index in [0.717, 1.165) is 11.3 Å². The van der Waals surface area contributed by atoms with Gasteiger partial charge in [-0.05, 0) is 36.8 Å². The summed E-state index contributed by atoms with van der Waals surface area (Å²) in [6, 6.07) is 11.2. The van der Waals surface area contributed by atoms with Crippen molar-refractivity contribution in [1.29, 1.82) is 0 Å².